The lowest BCUT2D eigenvalue weighted by Crippen LogP contribution is -2.51. The summed E-state index contributed by atoms with van der Waals surface area (Å²) < 4.78 is 0. The summed E-state index contributed by atoms with van der Waals surface area (Å²) in [6.45, 7) is 4.79. The summed E-state index contributed by atoms with van der Waals surface area (Å²) in [5.74, 6) is 0.146. The molecule has 0 aromatic carbocycles. The zero-order valence-electron chi connectivity index (χ0n) is 16.0. The fourth-order valence-electron chi connectivity index (χ4n) is 3.97. The normalized spacial score (nSPS) is 18.0. The Morgan fingerprint density at radius 2 is 1.96 bits per heavy atom. The van der Waals surface area contributed by atoms with Crippen molar-refractivity contribution in [3.63, 3.8) is 0 Å². The molecule has 1 aromatic rings. The van der Waals surface area contributed by atoms with Crippen molar-refractivity contribution in [2.24, 2.45) is 0 Å². The number of aromatic nitrogens is 1. The number of carbonyl (C=O) groups excluding carboxylic acids is 2. The topological polar surface area (TPSA) is 53.5 Å². The van der Waals surface area contributed by atoms with Crippen LogP contribution in [0.1, 0.15) is 56.0 Å². The first-order valence-electron chi connectivity index (χ1n) is 10.1. The molecule has 2 aliphatic rings. The molecular weight excluding hydrogens is 326 g/mol. The van der Waals surface area contributed by atoms with E-state index in [1.165, 1.54) is 49.6 Å². The van der Waals surface area contributed by atoms with Crippen molar-refractivity contribution >= 4 is 11.7 Å². The largest absolute Gasteiger partial charge is 0.333 e. The second-order valence-electron chi connectivity index (χ2n) is 7.72. The van der Waals surface area contributed by atoms with Crippen molar-refractivity contribution in [1.82, 2.24) is 14.8 Å². The molecule has 1 saturated heterocycles. The summed E-state index contributed by atoms with van der Waals surface area (Å²) in [5, 5.41) is 0. The van der Waals surface area contributed by atoms with Crippen LogP contribution in [-0.4, -0.2) is 59.2 Å². The number of Topliss-reactive ketones (excluding diaryl/α,β-unsaturated/α-hetero) is 1. The summed E-state index contributed by atoms with van der Waals surface area (Å²) in [6, 6.07) is 4.49. The predicted octanol–water partition coefficient (Wildman–Crippen LogP) is 2.41. The van der Waals surface area contributed by atoms with Crippen molar-refractivity contribution in [3.05, 3.63) is 29.1 Å². The first kappa shape index (κ1) is 19.0. The van der Waals surface area contributed by atoms with Gasteiger partial charge in [0.05, 0.1) is 13.1 Å². The van der Waals surface area contributed by atoms with Gasteiger partial charge in [-0.05, 0) is 70.0 Å². The van der Waals surface area contributed by atoms with Crippen LogP contribution in [0.5, 0.6) is 0 Å². The molecule has 0 N–H and O–H groups in total. The van der Waals surface area contributed by atoms with E-state index in [1.807, 2.05) is 0 Å². The summed E-state index contributed by atoms with van der Waals surface area (Å²) >= 11 is 0. The number of pyridine rings is 1. The van der Waals surface area contributed by atoms with Crippen LogP contribution >= 0.6 is 0 Å². The molecule has 2 heterocycles. The number of fused-ring (bicyclic) bond motifs is 1. The molecule has 1 aromatic heterocycles. The second kappa shape index (κ2) is 9.26. The highest BCUT2D eigenvalue weighted by Gasteiger charge is 2.23. The van der Waals surface area contributed by atoms with Crippen molar-refractivity contribution in [2.75, 3.05) is 32.7 Å². The van der Waals surface area contributed by atoms with Gasteiger partial charge in [0, 0.05) is 24.5 Å². The standard InChI is InChI=1S/C21H31N3O2/c1-17(25)15-24-14-13-23(16-21(24)26)12-6-2-3-8-19-11-10-18-7-4-5-9-20(18)22-19/h10-11H,2-9,12-16H2,1H3. The van der Waals surface area contributed by atoms with E-state index in [0.29, 0.717) is 13.1 Å². The van der Waals surface area contributed by atoms with Crippen molar-refractivity contribution < 1.29 is 9.59 Å². The van der Waals surface area contributed by atoms with Gasteiger partial charge < -0.3 is 4.90 Å². The highest BCUT2D eigenvalue weighted by Crippen LogP contribution is 2.20. The number of nitrogens with zero attached hydrogens (tertiary/aromatic N) is 3. The Balaban J connectivity index is 1.32. The first-order chi connectivity index (χ1) is 12.6. The van der Waals surface area contributed by atoms with Gasteiger partial charge in [-0.15, -0.1) is 0 Å². The maximum Gasteiger partial charge on any atom is 0.237 e. The quantitative estimate of drug-likeness (QED) is 0.671. The average Bonchev–Trinajstić information content (AvgIpc) is 2.63. The van der Waals surface area contributed by atoms with Gasteiger partial charge >= 0.3 is 0 Å². The van der Waals surface area contributed by atoms with E-state index >= 15 is 0 Å². The van der Waals surface area contributed by atoms with Crippen LogP contribution in [0.2, 0.25) is 0 Å². The number of rotatable bonds is 8. The van der Waals surface area contributed by atoms with Crippen molar-refractivity contribution in [3.8, 4) is 0 Å². The maximum atomic E-state index is 12.1. The van der Waals surface area contributed by atoms with E-state index < -0.39 is 0 Å². The molecule has 5 heteroatoms. The number of amides is 1. The second-order valence-corrected chi connectivity index (χ2v) is 7.72. The Hall–Kier alpha value is -1.75. The number of ketones is 1. The number of aryl methyl sites for hydroxylation is 3. The smallest absolute Gasteiger partial charge is 0.237 e. The van der Waals surface area contributed by atoms with E-state index in [0.717, 1.165) is 38.8 Å². The minimum atomic E-state index is 0.0580. The molecule has 3 rings (SSSR count). The van der Waals surface area contributed by atoms with Crippen LogP contribution in [0, 0.1) is 0 Å². The van der Waals surface area contributed by atoms with Crippen LogP contribution in [-0.2, 0) is 28.9 Å². The van der Waals surface area contributed by atoms with E-state index in [-0.39, 0.29) is 18.2 Å². The van der Waals surface area contributed by atoms with E-state index in [2.05, 4.69) is 17.0 Å². The molecule has 0 saturated carbocycles. The van der Waals surface area contributed by atoms with E-state index in [4.69, 9.17) is 4.98 Å². The summed E-state index contributed by atoms with van der Waals surface area (Å²) in [7, 11) is 0. The molecule has 26 heavy (non-hydrogen) atoms. The van der Waals surface area contributed by atoms with Crippen molar-refractivity contribution in [1.29, 1.82) is 0 Å². The number of piperazine rings is 1. The summed E-state index contributed by atoms with van der Waals surface area (Å²) in [4.78, 5) is 32.0. The van der Waals surface area contributed by atoms with Gasteiger partial charge in [0.25, 0.3) is 0 Å². The average molecular weight is 357 g/mol. The molecular formula is C21H31N3O2. The monoisotopic (exact) mass is 357 g/mol. The lowest BCUT2D eigenvalue weighted by molar-refractivity contribution is -0.139. The van der Waals surface area contributed by atoms with Crippen LogP contribution < -0.4 is 0 Å². The van der Waals surface area contributed by atoms with E-state index in [9.17, 15) is 9.59 Å². The Bertz CT molecular complexity index is 644. The lowest BCUT2D eigenvalue weighted by Gasteiger charge is -2.33. The Morgan fingerprint density at radius 3 is 2.77 bits per heavy atom. The SMILES string of the molecule is CC(=O)CN1CCN(CCCCCc2ccc3c(n2)CCCC3)CC1=O. The molecule has 0 radical (unpaired) electrons. The third-order valence-electron chi connectivity index (χ3n) is 5.45. The molecule has 1 aliphatic heterocycles. The Morgan fingerprint density at radius 1 is 1.12 bits per heavy atom. The summed E-state index contributed by atoms with van der Waals surface area (Å²) in [5.41, 5.74) is 4.02. The van der Waals surface area contributed by atoms with Crippen LogP contribution in [0.15, 0.2) is 12.1 Å². The van der Waals surface area contributed by atoms with Gasteiger partial charge in [0.2, 0.25) is 5.91 Å². The van der Waals surface area contributed by atoms with Gasteiger partial charge in [-0.25, -0.2) is 0 Å². The fourth-order valence-corrected chi connectivity index (χ4v) is 3.97. The predicted molar refractivity (Wildman–Crippen MR) is 102 cm³/mol. The number of unbranched alkanes of at least 4 members (excludes halogenated alkanes) is 2. The molecule has 0 spiro atoms. The molecule has 1 fully saturated rings. The minimum Gasteiger partial charge on any atom is -0.333 e. The Labute approximate surface area is 156 Å². The molecule has 142 valence electrons. The Kier molecular flexibility index (Phi) is 6.78. The van der Waals surface area contributed by atoms with E-state index in [1.54, 1.807) is 4.90 Å². The van der Waals surface area contributed by atoms with Gasteiger partial charge in [0.1, 0.15) is 5.78 Å². The van der Waals surface area contributed by atoms with Crippen molar-refractivity contribution in [2.45, 2.75) is 58.3 Å². The van der Waals surface area contributed by atoms with Crippen LogP contribution in [0.25, 0.3) is 0 Å². The van der Waals surface area contributed by atoms with Crippen LogP contribution in [0.4, 0.5) is 0 Å². The fraction of sp³-hybridized carbons (Fsp3) is 0.667. The highest BCUT2D eigenvalue weighted by atomic mass is 16.2. The third kappa shape index (κ3) is 5.37. The highest BCUT2D eigenvalue weighted by molar-refractivity contribution is 5.85. The summed E-state index contributed by atoms with van der Waals surface area (Å²) in [6.07, 6.45) is 9.42. The number of carbonyl (C=O) groups is 2. The zero-order chi connectivity index (χ0) is 18.4. The number of hydrogen-bond donors (Lipinski definition) is 0. The molecule has 0 unspecified atom stereocenters. The molecule has 5 nitrogen and oxygen atoms in total. The van der Waals surface area contributed by atoms with Crippen LogP contribution in [0.3, 0.4) is 0 Å². The third-order valence-corrected chi connectivity index (χ3v) is 5.45. The van der Waals surface area contributed by atoms with Gasteiger partial charge in [0.15, 0.2) is 0 Å². The van der Waals surface area contributed by atoms with Gasteiger partial charge in [-0.1, -0.05) is 12.5 Å². The molecule has 0 atom stereocenters. The zero-order valence-corrected chi connectivity index (χ0v) is 16.0. The first-order valence-corrected chi connectivity index (χ1v) is 10.1. The van der Waals surface area contributed by atoms with Gasteiger partial charge in [-0.3, -0.25) is 19.5 Å². The molecule has 1 amide bonds. The lowest BCUT2D eigenvalue weighted by atomic mass is 9.95. The molecule has 1 aliphatic carbocycles. The maximum absolute atomic E-state index is 12.1. The number of hydrogen-bond acceptors (Lipinski definition) is 4. The molecule has 0 bridgehead atoms. The minimum absolute atomic E-state index is 0.0580. The van der Waals surface area contributed by atoms with Gasteiger partial charge in [-0.2, -0.15) is 0 Å².